The minimum absolute atomic E-state index is 0.0271. The molecule has 5 nitrogen and oxygen atoms in total. The molecular formula is C11H11NO4. The first-order valence-corrected chi connectivity index (χ1v) is 5.01. The van der Waals surface area contributed by atoms with E-state index in [1.807, 2.05) is 6.92 Å². The highest BCUT2D eigenvalue weighted by atomic mass is 16.4. The molecule has 0 unspecified atom stereocenters. The van der Waals surface area contributed by atoms with Crippen LogP contribution >= 0.6 is 0 Å². The molecule has 1 aliphatic rings. The fourth-order valence-corrected chi connectivity index (χ4v) is 1.79. The molecule has 0 fully saturated rings. The van der Waals surface area contributed by atoms with E-state index in [-0.39, 0.29) is 18.1 Å². The van der Waals surface area contributed by atoms with Crippen LogP contribution in [0.1, 0.15) is 28.6 Å². The van der Waals surface area contributed by atoms with Crippen LogP contribution in [0.25, 0.3) is 0 Å². The molecule has 0 bridgehead atoms. The van der Waals surface area contributed by atoms with Crippen LogP contribution < -0.4 is 5.63 Å². The van der Waals surface area contributed by atoms with Crippen LogP contribution in [0.3, 0.4) is 0 Å². The Balaban J connectivity index is 2.70. The van der Waals surface area contributed by atoms with Gasteiger partial charge in [0.1, 0.15) is 5.76 Å². The smallest absolute Gasteiger partial charge is 0.336 e. The summed E-state index contributed by atoms with van der Waals surface area (Å²) in [5.41, 5.74) is 0.487. The second-order valence-electron chi connectivity index (χ2n) is 3.68. The van der Waals surface area contributed by atoms with Crippen LogP contribution in [0.2, 0.25) is 0 Å². The van der Waals surface area contributed by atoms with Crippen LogP contribution in [-0.2, 0) is 17.6 Å². The zero-order valence-electron chi connectivity index (χ0n) is 9.07. The summed E-state index contributed by atoms with van der Waals surface area (Å²) in [5.74, 6) is -0.557. The second-order valence-corrected chi connectivity index (χ2v) is 3.68. The van der Waals surface area contributed by atoms with Gasteiger partial charge < -0.3 is 4.42 Å². The van der Waals surface area contributed by atoms with Gasteiger partial charge in [0, 0.05) is 13.1 Å². The van der Waals surface area contributed by atoms with Crippen molar-refractivity contribution < 1.29 is 14.0 Å². The summed E-state index contributed by atoms with van der Waals surface area (Å²) in [6, 6.07) is 1.31. The lowest BCUT2D eigenvalue weighted by atomic mass is 9.99. The van der Waals surface area contributed by atoms with Crippen LogP contribution in [-0.4, -0.2) is 23.8 Å². The average Bonchev–Trinajstić information content (AvgIpc) is 2.24. The molecular weight excluding hydrogens is 210 g/mol. The highest BCUT2D eigenvalue weighted by Gasteiger charge is 2.32. The number of rotatable bonds is 1. The van der Waals surface area contributed by atoms with Crippen molar-refractivity contribution in [3.05, 3.63) is 33.4 Å². The van der Waals surface area contributed by atoms with Crippen molar-refractivity contribution in [2.45, 2.75) is 19.8 Å². The van der Waals surface area contributed by atoms with Crippen molar-refractivity contribution in [2.75, 3.05) is 7.05 Å². The minimum atomic E-state index is -0.513. The summed E-state index contributed by atoms with van der Waals surface area (Å²) in [4.78, 5) is 35.6. The lowest BCUT2D eigenvalue weighted by Crippen LogP contribution is -2.40. The molecule has 84 valence electrons. The molecule has 2 rings (SSSR count). The summed E-state index contributed by atoms with van der Waals surface area (Å²) >= 11 is 0. The molecule has 0 radical (unpaired) electrons. The highest BCUT2D eigenvalue weighted by molar-refractivity contribution is 6.09. The Morgan fingerprint density at radius 2 is 2.06 bits per heavy atom. The van der Waals surface area contributed by atoms with Gasteiger partial charge in [-0.05, 0) is 12.0 Å². The summed E-state index contributed by atoms with van der Waals surface area (Å²) in [6.45, 7) is 1.85. The monoisotopic (exact) mass is 221 g/mol. The van der Waals surface area contributed by atoms with Gasteiger partial charge in [-0.25, -0.2) is 4.79 Å². The van der Waals surface area contributed by atoms with Gasteiger partial charge in [-0.2, -0.15) is 0 Å². The fourth-order valence-electron chi connectivity index (χ4n) is 1.79. The predicted molar refractivity (Wildman–Crippen MR) is 55.2 cm³/mol. The molecule has 0 N–H and O–H groups in total. The van der Waals surface area contributed by atoms with Gasteiger partial charge in [0.25, 0.3) is 5.91 Å². The number of likely N-dealkylation sites (N-methyl/N-ethyl adjacent to an activating group) is 1. The third kappa shape index (κ3) is 1.44. The van der Waals surface area contributed by atoms with E-state index in [1.165, 1.54) is 13.1 Å². The lowest BCUT2D eigenvalue weighted by Gasteiger charge is -2.23. The predicted octanol–water partition coefficient (Wildman–Crippen LogP) is 0.357. The number of amides is 2. The number of carbonyl (C=O) groups excluding carboxylic acids is 2. The Morgan fingerprint density at radius 1 is 1.38 bits per heavy atom. The van der Waals surface area contributed by atoms with Crippen molar-refractivity contribution in [1.82, 2.24) is 4.90 Å². The van der Waals surface area contributed by atoms with Crippen LogP contribution in [0.15, 0.2) is 15.3 Å². The summed E-state index contributed by atoms with van der Waals surface area (Å²) in [7, 11) is 1.43. The van der Waals surface area contributed by atoms with Gasteiger partial charge in [-0.3, -0.25) is 14.5 Å². The van der Waals surface area contributed by atoms with Crippen molar-refractivity contribution in [1.29, 1.82) is 0 Å². The van der Waals surface area contributed by atoms with Gasteiger partial charge in [-0.1, -0.05) is 6.92 Å². The molecule has 16 heavy (non-hydrogen) atoms. The van der Waals surface area contributed by atoms with Crippen molar-refractivity contribution >= 4 is 11.8 Å². The first-order valence-electron chi connectivity index (χ1n) is 5.01. The largest absolute Gasteiger partial charge is 0.426 e. The van der Waals surface area contributed by atoms with E-state index >= 15 is 0 Å². The van der Waals surface area contributed by atoms with Gasteiger partial charge in [-0.15, -0.1) is 0 Å². The Hall–Kier alpha value is -1.91. The van der Waals surface area contributed by atoms with Crippen molar-refractivity contribution in [2.24, 2.45) is 0 Å². The maximum Gasteiger partial charge on any atom is 0.336 e. The zero-order chi connectivity index (χ0) is 11.9. The average molecular weight is 221 g/mol. The molecule has 5 heteroatoms. The van der Waals surface area contributed by atoms with E-state index in [9.17, 15) is 14.4 Å². The molecule has 1 aliphatic heterocycles. The third-order valence-corrected chi connectivity index (χ3v) is 2.70. The van der Waals surface area contributed by atoms with Gasteiger partial charge in [0.2, 0.25) is 5.91 Å². The normalized spacial score (nSPS) is 15.2. The molecule has 1 aromatic heterocycles. The molecule has 2 heterocycles. The van der Waals surface area contributed by atoms with E-state index in [0.717, 1.165) is 4.90 Å². The Bertz CT molecular complexity index is 529. The van der Waals surface area contributed by atoms with E-state index in [0.29, 0.717) is 17.5 Å². The van der Waals surface area contributed by atoms with Gasteiger partial charge in [0.05, 0.1) is 12.0 Å². The first-order chi connectivity index (χ1) is 7.54. The number of fused-ring (bicyclic) bond motifs is 1. The summed E-state index contributed by atoms with van der Waals surface area (Å²) in [6.07, 6.45) is 0.530. The molecule has 1 aromatic rings. The number of aryl methyl sites for hydroxylation is 1. The van der Waals surface area contributed by atoms with E-state index in [2.05, 4.69) is 0 Å². The topological polar surface area (TPSA) is 67.6 Å². The fraction of sp³-hybridized carbons (Fsp3) is 0.364. The SMILES string of the molecule is CCc1cc(=O)oc2c1C(=O)N(C)C(=O)C2. The van der Waals surface area contributed by atoms with Gasteiger partial charge in [0.15, 0.2) is 0 Å². The van der Waals surface area contributed by atoms with Crippen LogP contribution in [0.5, 0.6) is 0 Å². The third-order valence-electron chi connectivity index (χ3n) is 2.70. The standard InChI is InChI=1S/C11H11NO4/c1-3-6-4-9(14)16-7-5-8(13)12(2)11(15)10(6)7/h4H,3,5H2,1-2H3. The number of imide groups is 1. The van der Waals surface area contributed by atoms with E-state index in [1.54, 1.807) is 0 Å². The molecule has 0 aliphatic carbocycles. The van der Waals surface area contributed by atoms with Crippen LogP contribution in [0.4, 0.5) is 0 Å². The Labute approximate surface area is 91.7 Å². The molecule has 2 amide bonds. The Kier molecular flexibility index (Phi) is 2.38. The maximum absolute atomic E-state index is 11.9. The minimum Gasteiger partial charge on any atom is -0.426 e. The number of carbonyl (C=O) groups is 2. The second kappa shape index (κ2) is 3.59. The zero-order valence-corrected chi connectivity index (χ0v) is 9.07. The molecule has 0 spiro atoms. The summed E-state index contributed by atoms with van der Waals surface area (Å²) < 4.78 is 4.91. The molecule has 0 saturated carbocycles. The van der Waals surface area contributed by atoms with E-state index in [4.69, 9.17) is 4.42 Å². The molecule has 0 saturated heterocycles. The number of hydrogen-bond donors (Lipinski definition) is 0. The first kappa shape index (κ1) is 10.6. The van der Waals surface area contributed by atoms with Crippen molar-refractivity contribution in [3.63, 3.8) is 0 Å². The number of nitrogens with zero attached hydrogens (tertiary/aromatic N) is 1. The number of hydrogen-bond acceptors (Lipinski definition) is 4. The van der Waals surface area contributed by atoms with E-state index < -0.39 is 11.5 Å². The maximum atomic E-state index is 11.9. The lowest BCUT2D eigenvalue weighted by molar-refractivity contribution is -0.127. The highest BCUT2D eigenvalue weighted by Crippen LogP contribution is 2.21. The quantitative estimate of drug-likeness (QED) is 0.642. The Morgan fingerprint density at radius 3 is 2.69 bits per heavy atom. The molecule has 0 aromatic carbocycles. The summed E-state index contributed by atoms with van der Waals surface area (Å²) in [5, 5.41) is 0. The molecule has 0 atom stereocenters. The van der Waals surface area contributed by atoms with Crippen LogP contribution in [0, 0.1) is 0 Å². The van der Waals surface area contributed by atoms with Gasteiger partial charge >= 0.3 is 5.63 Å². The van der Waals surface area contributed by atoms with Crippen molar-refractivity contribution in [3.8, 4) is 0 Å².